The lowest BCUT2D eigenvalue weighted by atomic mass is 9.92. The van der Waals surface area contributed by atoms with Crippen LogP contribution < -0.4 is 10.2 Å². The molecule has 2 fully saturated rings. The number of nitrogens with one attached hydrogen (secondary N) is 1. The van der Waals surface area contributed by atoms with Gasteiger partial charge in [0.05, 0.1) is 11.1 Å². The van der Waals surface area contributed by atoms with Crippen molar-refractivity contribution in [1.82, 2.24) is 5.32 Å². The molecule has 1 aromatic rings. The number of nitrogens with zero attached hydrogens (tertiary/aromatic N) is 1. The lowest BCUT2D eigenvalue weighted by Crippen LogP contribution is -2.54. The predicted octanol–water partition coefficient (Wildman–Crippen LogP) is 1.99. The highest BCUT2D eigenvalue weighted by atomic mass is 16.2. The Morgan fingerprint density at radius 2 is 1.96 bits per heavy atom. The van der Waals surface area contributed by atoms with Crippen LogP contribution in [0.25, 0.3) is 0 Å². The average Bonchev–Trinajstić information content (AvgIpc) is 3.26. The van der Waals surface area contributed by atoms with Crippen LogP contribution >= 0.6 is 0 Å². The van der Waals surface area contributed by atoms with E-state index in [0.717, 1.165) is 29.7 Å². The van der Waals surface area contributed by atoms with Crippen LogP contribution in [0.3, 0.4) is 0 Å². The molecule has 1 atom stereocenters. The van der Waals surface area contributed by atoms with Gasteiger partial charge < -0.3 is 0 Å². The Bertz CT molecular complexity index is 734. The number of piperidine rings is 1. The number of carbonyl (C=O) groups excluding carboxylic acids is 3. The molecular weight excluding hydrogens is 292 g/mol. The van der Waals surface area contributed by atoms with Gasteiger partial charge in [0.1, 0.15) is 6.04 Å². The second-order valence-corrected chi connectivity index (χ2v) is 7.12. The van der Waals surface area contributed by atoms with E-state index >= 15 is 0 Å². The first-order valence-electron chi connectivity index (χ1n) is 8.26. The average molecular weight is 312 g/mol. The van der Waals surface area contributed by atoms with Gasteiger partial charge in [-0.1, -0.05) is 32.0 Å². The lowest BCUT2D eigenvalue weighted by molar-refractivity contribution is -0.135. The van der Waals surface area contributed by atoms with Gasteiger partial charge in [0.15, 0.2) is 0 Å². The predicted molar refractivity (Wildman–Crippen MR) is 85.1 cm³/mol. The second-order valence-electron chi connectivity index (χ2n) is 7.12. The molecule has 120 valence electrons. The van der Waals surface area contributed by atoms with E-state index in [9.17, 15) is 14.4 Å². The highest BCUT2D eigenvalue weighted by Crippen LogP contribution is 2.59. The number of para-hydroxylation sites is 1. The number of carbonyl (C=O) groups is 3. The molecule has 3 aliphatic rings. The minimum atomic E-state index is -0.571. The van der Waals surface area contributed by atoms with Gasteiger partial charge in [0, 0.05) is 6.42 Å². The van der Waals surface area contributed by atoms with Crippen LogP contribution in [0.4, 0.5) is 5.69 Å². The topological polar surface area (TPSA) is 66.5 Å². The number of fused-ring (bicyclic) bond motifs is 2. The maximum Gasteiger partial charge on any atom is 0.249 e. The van der Waals surface area contributed by atoms with Crippen molar-refractivity contribution >= 4 is 23.4 Å². The molecule has 5 nitrogen and oxygen atoms in total. The zero-order valence-corrected chi connectivity index (χ0v) is 13.4. The lowest BCUT2D eigenvalue weighted by Gasteiger charge is -2.32. The van der Waals surface area contributed by atoms with Gasteiger partial charge in [-0.25, -0.2) is 0 Å². The van der Waals surface area contributed by atoms with Gasteiger partial charge >= 0.3 is 0 Å². The van der Waals surface area contributed by atoms with Gasteiger partial charge in [-0.05, 0) is 36.3 Å². The molecule has 2 heterocycles. The van der Waals surface area contributed by atoms with Crippen molar-refractivity contribution in [2.45, 2.75) is 56.9 Å². The molecule has 1 aromatic carbocycles. The minimum absolute atomic E-state index is 0.0371. The quantitative estimate of drug-likeness (QED) is 0.849. The van der Waals surface area contributed by atoms with E-state index in [1.54, 1.807) is 4.90 Å². The minimum Gasteiger partial charge on any atom is -0.299 e. The Labute approximate surface area is 135 Å². The molecule has 23 heavy (non-hydrogen) atoms. The molecule has 1 aliphatic carbocycles. The van der Waals surface area contributed by atoms with E-state index in [-0.39, 0.29) is 30.1 Å². The van der Waals surface area contributed by atoms with Crippen molar-refractivity contribution in [3.63, 3.8) is 0 Å². The SMILES string of the molecule is CC(C)c1cccc2c1N(C1CCC(=O)NC1=O)C(=O)C21CC1. The molecule has 1 spiro atoms. The van der Waals surface area contributed by atoms with E-state index in [2.05, 4.69) is 19.2 Å². The summed E-state index contributed by atoms with van der Waals surface area (Å²) < 4.78 is 0. The molecule has 0 aromatic heterocycles. The fourth-order valence-corrected chi connectivity index (χ4v) is 3.96. The first-order valence-corrected chi connectivity index (χ1v) is 8.26. The van der Waals surface area contributed by atoms with Crippen LogP contribution in [-0.2, 0) is 19.8 Å². The fraction of sp³-hybridized carbons (Fsp3) is 0.500. The van der Waals surface area contributed by atoms with Gasteiger partial charge in [0.2, 0.25) is 17.7 Å². The first kappa shape index (κ1) is 14.4. The van der Waals surface area contributed by atoms with Crippen molar-refractivity contribution in [2.75, 3.05) is 4.90 Å². The maximum absolute atomic E-state index is 13.1. The molecule has 2 aliphatic heterocycles. The summed E-state index contributed by atoms with van der Waals surface area (Å²) in [5.74, 6) is -0.300. The van der Waals surface area contributed by atoms with Crippen LogP contribution in [0.1, 0.15) is 56.6 Å². The van der Waals surface area contributed by atoms with E-state index in [4.69, 9.17) is 0 Å². The molecule has 1 N–H and O–H groups in total. The van der Waals surface area contributed by atoms with Gasteiger partial charge in [-0.3, -0.25) is 24.6 Å². The number of amides is 3. The number of hydrogen-bond donors (Lipinski definition) is 1. The van der Waals surface area contributed by atoms with Gasteiger partial charge in [-0.2, -0.15) is 0 Å². The monoisotopic (exact) mass is 312 g/mol. The second kappa shape index (κ2) is 4.66. The zero-order valence-electron chi connectivity index (χ0n) is 13.4. The third-order valence-electron chi connectivity index (χ3n) is 5.35. The summed E-state index contributed by atoms with van der Waals surface area (Å²) in [5, 5.41) is 2.38. The largest absolute Gasteiger partial charge is 0.299 e. The number of anilines is 1. The highest BCUT2D eigenvalue weighted by molar-refractivity contribution is 6.15. The van der Waals surface area contributed by atoms with Crippen molar-refractivity contribution < 1.29 is 14.4 Å². The summed E-state index contributed by atoms with van der Waals surface area (Å²) in [5.41, 5.74) is 2.67. The Morgan fingerprint density at radius 1 is 1.22 bits per heavy atom. The fourth-order valence-electron chi connectivity index (χ4n) is 3.96. The first-order chi connectivity index (χ1) is 11.0. The summed E-state index contributed by atoms with van der Waals surface area (Å²) >= 11 is 0. The smallest absolute Gasteiger partial charge is 0.249 e. The van der Waals surface area contributed by atoms with Crippen LogP contribution in [0, 0.1) is 0 Å². The van der Waals surface area contributed by atoms with Gasteiger partial charge in [-0.15, -0.1) is 0 Å². The molecule has 0 bridgehead atoms. The Morgan fingerprint density at radius 3 is 2.57 bits per heavy atom. The molecule has 1 saturated carbocycles. The van der Waals surface area contributed by atoms with E-state index in [1.807, 2.05) is 18.2 Å². The van der Waals surface area contributed by atoms with Crippen molar-refractivity contribution in [3.8, 4) is 0 Å². The van der Waals surface area contributed by atoms with Crippen molar-refractivity contribution in [3.05, 3.63) is 29.3 Å². The summed E-state index contributed by atoms with van der Waals surface area (Å²) in [6.45, 7) is 4.20. The Balaban J connectivity index is 1.85. The molecule has 1 unspecified atom stereocenters. The van der Waals surface area contributed by atoms with Crippen molar-refractivity contribution in [2.24, 2.45) is 0 Å². The molecule has 1 saturated heterocycles. The highest BCUT2D eigenvalue weighted by Gasteiger charge is 2.61. The number of imide groups is 1. The molecule has 4 rings (SSSR count). The molecular formula is C18H20N2O3. The van der Waals surface area contributed by atoms with Crippen LogP contribution in [0.15, 0.2) is 18.2 Å². The van der Waals surface area contributed by atoms with Gasteiger partial charge in [0.25, 0.3) is 0 Å². The number of hydrogen-bond acceptors (Lipinski definition) is 3. The molecule has 5 heteroatoms. The summed E-state index contributed by atoms with van der Waals surface area (Å²) in [4.78, 5) is 38.6. The van der Waals surface area contributed by atoms with E-state index in [0.29, 0.717) is 6.42 Å². The molecule has 0 radical (unpaired) electrons. The summed E-state index contributed by atoms with van der Waals surface area (Å²) in [6, 6.07) is 5.50. The van der Waals surface area contributed by atoms with Crippen LogP contribution in [0.5, 0.6) is 0 Å². The third-order valence-corrected chi connectivity index (χ3v) is 5.35. The Kier molecular flexibility index (Phi) is 2.92. The van der Waals surface area contributed by atoms with E-state index in [1.165, 1.54) is 0 Å². The summed E-state index contributed by atoms with van der Waals surface area (Å²) in [6.07, 6.45) is 2.39. The summed E-state index contributed by atoms with van der Waals surface area (Å²) in [7, 11) is 0. The van der Waals surface area contributed by atoms with E-state index < -0.39 is 11.5 Å². The van der Waals surface area contributed by atoms with Crippen molar-refractivity contribution in [1.29, 1.82) is 0 Å². The third kappa shape index (κ3) is 1.89. The number of benzene rings is 1. The number of rotatable bonds is 2. The Hall–Kier alpha value is -2.17. The van der Waals surface area contributed by atoms with Crippen LogP contribution in [-0.4, -0.2) is 23.8 Å². The standard InChI is InChI=1S/C18H20N2O3/c1-10(2)11-4-3-5-12-15(11)20(17(23)18(12)8-9-18)13-6-7-14(21)19-16(13)22/h3-5,10,13H,6-9H2,1-2H3,(H,19,21,22). The normalized spacial score (nSPS) is 25.1. The van der Waals surface area contributed by atoms with Crippen LogP contribution in [0.2, 0.25) is 0 Å². The maximum atomic E-state index is 13.1. The zero-order chi connectivity index (χ0) is 16.4. The molecule has 3 amide bonds.